The lowest BCUT2D eigenvalue weighted by Gasteiger charge is -2.11. The van der Waals surface area contributed by atoms with Gasteiger partial charge in [-0.05, 0) is 6.92 Å². The zero-order chi connectivity index (χ0) is 9.99. The summed E-state index contributed by atoms with van der Waals surface area (Å²) in [6.07, 6.45) is -1.03. The highest BCUT2D eigenvalue weighted by Crippen LogP contribution is 2.25. The summed E-state index contributed by atoms with van der Waals surface area (Å²) in [6.45, 7) is 1.21. The fourth-order valence-electron chi connectivity index (χ4n) is 0.297. The van der Waals surface area contributed by atoms with Crippen molar-refractivity contribution in [1.82, 2.24) is 0 Å². The summed E-state index contributed by atoms with van der Waals surface area (Å²) >= 11 is 2.78. The summed E-state index contributed by atoms with van der Waals surface area (Å²) in [5.41, 5.74) is -5.34. The molecule has 0 aromatic carbocycles. The van der Waals surface area contributed by atoms with Gasteiger partial charge in [-0.1, -0.05) is 15.9 Å². The second-order valence-corrected chi connectivity index (χ2v) is 4.17. The summed E-state index contributed by atoms with van der Waals surface area (Å²) in [5.74, 6) is 0. The molecule has 0 spiro atoms. The van der Waals surface area contributed by atoms with Gasteiger partial charge < -0.3 is 0 Å². The van der Waals surface area contributed by atoms with Gasteiger partial charge in [0.1, 0.15) is 0 Å². The maximum Gasteiger partial charge on any atom is 0.523 e. The molecular weight excluding hydrogens is 265 g/mol. The third-order valence-corrected chi connectivity index (χ3v) is 2.85. The lowest BCUT2D eigenvalue weighted by molar-refractivity contribution is -0.0561. The van der Waals surface area contributed by atoms with Crippen molar-refractivity contribution in [3.8, 4) is 0 Å². The van der Waals surface area contributed by atoms with Gasteiger partial charge in [0.15, 0.2) is 0 Å². The van der Waals surface area contributed by atoms with Crippen molar-refractivity contribution < 1.29 is 25.8 Å². The second kappa shape index (κ2) is 3.93. The topological polar surface area (TPSA) is 43.4 Å². The Morgan fingerprint density at radius 2 is 1.92 bits per heavy atom. The molecule has 1 unspecified atom stereocenters. The minimum absolute atomic E-state index is 0.0162. The fourth-order valence-corrected chi connectivity index (χ4v) is 1.21. The van der Waals surface area contributed by atoms with Crippen LogP contribution < -0.4 is 0 Å². The van der Waals surface area contributed by atoms with Crippen LogP contribution in [0.3, 0.4) is 0 Å². The molecule has 0 N–H and O–H groups in total. The van der Waals surface area contributed by atoms with Gasteiger partial charge in [-0.15, -0.1) is 0 Å². The van der Waals surface area contributed by atoms with E-state index in [2.05, 4.69) is 20.1 Å². The minimum atomic E-state index is -5.44. The summed E-state index contributed by atoms with van der Waals surface area (Å²) in [4.78, 5) is 0. The third kappa shape index (κ3) is 3.28. The molecule has 0 heterocycles. The Labute approximate surface area is 76.1 Å². The molecule has 3 nitrogen and oxygen atoms in total. The van der Waals surface area contributed by atoms with E-state index < -0.39 is 21.7 Å². The number of rotatable bonds is 3. The molecule has 0 bridgehead atoms. The van der Waals surface area contributed by atoms with E-state index in [4.69, 9.17) is 0 Å². The van der Waals surface area contributed by atoms with Crippen molar-refractivity contribution in [2.45, 2.75) is 18.5 Å². The van der Waals surface area contributed by atoms with Gasteiger partial charge in [-0.2, -0.15) is 21.6 Å². The predicted molar refractivity (Wildman–Crippen MR) is 39.3 cm³/mol. The monoisotopic (exact) mass is 270 g/mol. The maximum atomic E-state index is 11.6. The molecule has 0 rings (SSSR count). The third-order valence-electron chi connectivity index (χ3n) is 0.792. The Kier molecular flexibility index (Phi) is 3.98. The highest BCUT2D eigenvalue weighted by Gasteiger charge is 2.48. The van der Waals surface area contributed by atoms with Gasteiger partial charge in [0, 0.05) is 5.33 Å². The van der Waals surface area contributed by atoms with Crippen LogP contribution in [0.4, 0.5) is 13.2 Å². The smallest absolute Gasteiger partial charge is 0.259 e. The van der Waals surface area contributed by atoms with Crippen LogP contribution >= 0.6 is 15.9 Å². The first-order chi connectivity index (χ1) is 5.20. The Hall–Kier alpha value is 0.180. The van der Waals surface area contributed by atoms with E-state index in [0.717, 1.165) is 0 Å². The predicted octanol–water partition coefficient (Wildman–Crippen LogP) is 1.64. The summed E-state index contributed by atoms with van der Waals surface area (Å²) in [6, 6.07) is 0. The summed E-state index contributed by atoms with van der Waals surface area (Å²) in [5, 5.41) is 0.0162. The largest absolute Gasteiger partial charge is 0.523 e. The lowest BCUT2D eigenvalue weighted by Crippen LogP contribution is -2.29. The SMILES string of the molecule is CC(CBr)OS(=O)(=O)C(F)(F)F. The van der Waals surface area contributed by atoms with Crippen molar-refractivity contribution in [1.29, 1.82) is 0 Å². The molecule has 8 heteroatoms. The molecule has 0 aromatic heterocycles. The van der Waals surface area contributed by atoms with E-state index in [1.807, 2.05) is 0 Å². The average Bonchev–Trinajstić information content (AvgIpc) is 1.84. The molecule has 74 valence electrons. The lowest BCUT2D eigenvalue weighted by atomic mass is 10.5. The molecule has 0 saturated heterocycles. The van der Waals surface area contributed by atoms with Crippen LogP contribution in [0.1, 0.15) is 6.92 Å². The first kappa shape index (κ1) is 12.2. The number of halogens is 4. The van der Waals surface area contributed by atoms with Gasteiger partial charge in [0.05, 0.1) is 6.10 Å². The first-order valence-corrected chi connectivity index (χ1v) is 5.29. The fraction of sp³-hybridized carbons (Fsp3) is 1.00. The highest BCUT2D eigenvalue weighted by molar-refractivity contribution is 9.09. The van der Waals surface area contributed by atoms with E-state index in [9.17, 15) is 21.6 Å². The summed E-state index contributed by atoms with van der Waals surface area (Å²) < 4.78 is 59.1. The zero-order valence-electron chi connectivity index (χ0n) is 5.93. The standard InChI is InChI=1S/C4H6BrF3O3S/c1-3(2-5)11-12(9,10)4(6,7)8/h3H,2H2,1H3. The van der Waals surface area contributed by atoms with Crippen molar-refractivity contribution in [3.05, 3.63) is 0 Å². The molecule has 0 radical (unpaired) electrons. The minimum Gasteiger partial charge on any atom is -0.259 e. The van der Waals surface area contributed by atoms with Crippen LogP contribution in [0.2, 0.25) is 0 Å². The van der Waals surface area contributed by atoms with E-state index in [0.29, 0.717) is 0 Å². The Morgan fingerprint density at radius 3 is 2.17 bits per heavy atom. The number of hydrogen-bond donors (Lipinski definition) is 0. The Morgan fingerprint density at radius 1 is 1.50 bits per heavy atom. The van der Waals surface area contributed by atoms with E-state index in [-0.39, 0.29) is 5.33 Å². The van der Waals surface area contributed by atoms with Crippen LogP contribution in [0, 0.1) is 0 Å². The van der Waals surface area contributed by atoms with Crippen LogP contribution in [0.15, 0.2) is 0 Å². The van der Waals surface area contributed by atoms with Gasteiger partial charge in [-0.25, -0.2) is 0 Å². The number of hydrogen-bond acceptors (Lipinski definition) is 3. The Bertz CT molecular complexity index is 234. The molecule has 0 aliphatic carbocycles. The normalized spacial score (nSPS) is 16.1. The molecule has 0 aliphatic heterocycles. The maximum absolute atomic E-state index is 11.6. The molecule has 0 saturated carbocycles. The van der Waals surface area contributed by atoms with Crippen LogP contribution in [0.5, 0.6) is 0 Å². The van der Waals surface area contributed by atoms with Crippen LogP contribution in [0.25, 0.3) is 0 Å². The van der Waals surface area contributed by atoms with E-state index in [1.54, 1.807) is 0 Å². The zero-order valence-corrected chi connectivity index (χ0v) is 8.33. The van der Waals surface area contributed by atoms with Crippen LogP contribution in [-0.2, 0) is 14.3 Å². The highest BCUT2D eigenvalue weighted by atomic mass is 79.9. The molecule has 0 aliphatic rings. The quantitative estimate of drug-likeness (QED) is 0.445. The van der Waals surface area contributed by atoms with Crippen LogP contribution in [-0.4, -0.2) is 25.4 Å². The molecule has 0 fully saturated rings. The molecule has 0 aromatic rings. The number of alkyl halides is 4. The van der Waals surface area contributed by atoms with E-state index in [1.165, 1.54) is 6.92 Å². The van der Waals surface area contributed by atoms with Gasteiger partial charge in [-0.3, -0.25) is 4.18 Å². The Balaban J connectivity index is 4.46. The average molecular weight is 271 g/mol. The van der Waals surface area contributed by atoms with Gasteiger partial charge in [0.2, 0.25) is 0 Å². The molecule has 1 atom stereocenters. The second-order valence-electron chi connectivity index (χ2n) is 1.96. The molecule has 0 amide bonds. The first-order valence-electron chi connectivity index (χ1n) is 2.76. The van der Waals surface area contributed by atoms with Crippen molar-refractivity contribution in [2.24, 2.45) is 0 Å². The summed E-state index contributed by atoms with van der Waals surface area (Å²) in [7, 11) is -5.44. The van der Waals surface area contributed by atoms with Gasteiger partial charge in [0.25, 0.3) is 0 Å². The van der Waals surface area contributed by atoms with Gasteiger partial charge >= 0.3 is 15.6 Å². The van der Waals surface area contributed by atoms with E-state index >= 15 is 0 Å². The molecule has 12 heavy (non-hydrogen) atoms. The van der Waals surface area contributed by atoms with Crippen molar-refractivity contribution in [3.63, 3.8) is 0 Å². The van der Waals surface area contributed by atoms with Crippen molar-refractivity contribution >= 4 is 26.0 Å². The van der Waals surface area contributed by atoms with Crippen molar-refractivity contribution in [2.75, 3.05) is 5.33 Å². The molecular formula is C4H6BrF3O3S.